The lowest BCUT2D eigenvalue weighted by Crippen LogP contribution is -2.44. The van der Waals surface area contributed by atoms with Crippen molar-refractivity contribution in [2.75, 3.05) is 26.9 Å². The van der Waals surface area contributed by atoms with Gasteiger partial charge in [0.15, 0.2) is 11.5 Å². The van der Waals surface area contributed by atoms with Gasteiger partial charge in [-0.15, -0.1) is 0 Å². The molecule has 1 aromatic heterocycles. The van der Waals surface area contributed by atoms with Crippen molar-refractivity contribution in [2.45, 2.75) is 18.3 Å². The van der Waals surface area contributed by atoms with Gasteiger partial charge >= 0.3 is 0 Å². The number of rotatable bonds is 6. The summed E-state index contributed by atoms with van der Waals surface area (Å²) in [5.74, 6) is 1.15. The second-order valence-corrected chi connectivity index (χ2v) is 7.25. The van der Waals surface area contributed by atoms with Crippen LogP contribution in [-0.4, -0.2) is 37.9 Å². The van der Waals surface area contributed by atoms with E-state index in [4.69, 9.17) is 14.0 Å². The third-order valence-electron chi connectivity index (χ3n) is 5.54. The van der Waals surface area contributed by atoms with E-state index >= 15 is 0 Å². The van der Waals surface area contributed by atoms with Crippen molar-refractivity contribution >= 4 is 5.91 Å². The van der Waals surface area contributed by atoms with Gasteiger partial charge in [0, 0.05) is 36.8 Å². The second-order valence-electron chi connectivity index (χ2n) is 7.25. The minimum atomic E-state index is -0.240. The molecule has 0 aliphatic carbocycles. The molecule has 150 valence electrons. The lowest BCUT2D eigenvalue weighted by atomic mass is 9.74. The average molecular weight is 392 g/mol. The first-order chi connectivity index (χ1) is 14.2. The summed E-state index contributed by atoms with van der Waals surface area (Å²) in [4.78, 5) is 12.7. The Morgan fingerprint density at radius 3 is 2.52 bits per heavy atom. The summed E-state index contributed by atoms with van der Waals surface area (Å²) in [6.07, 6.45) is 1.68. The average Bonchev–Trinajstić information content (AvgIpc) is 3.29. The predicted octanol–water partition coefficient (Wildman–Crippen LogP) is 3.83. The second kappa shape index (κ2) is 8.49. The van der Waals surface area contributed by atoms with Crippen LogP contribution < -0.4 is 10.1 Å². The van der Waals surface area contributed by atoms with Gasteiger partial charge in [0.05, 0.1) is 7.11 Å². The molecule has 29 heavy (non-hydrogen) atoms. The van der Waals surface area contributed by atoms with Crippen molar-refractivity contribution in [1.29, 1.82) is 0 Å². The SMILES string of the molecule is COc1ccc(C2(CNC(=O)c3cc(-c4ccccc4)on3)CCOCC2)cc1. The summed E-state index contributed by atoms with van der Waals surface area (Å²) < 4.78 is 16.2. The zero-order valence-electron chi connectivity index (χ0n) is 16.4. The Morgan fingerprint density at radius 2 is 1.83 bits per heavy atom. The molecular weight excluding hydrogens is 368 g/mol. The highest BCUT2D eigenvalue weighted by Crippen LogP contribution is 2.35. The highest BCUT2D eigenvalue weighted by molar-refractivity contribution is 5.93. The first-order valence-electron chi connectivity index (χ1n) is 9.73. The van der Waals surface area contributed by atoms with Crippen LogP contribution in [0.15, 0.2) is 65.2 Å². The molecule has 1 amide bonds. The molecule has 4 rings (SSSR count). The molecule has 1 aliphatic heterocycles. The number of aromatic nitrogens is 1. The van der Waals surface area contributed by atoms with Gasteiger partial charge < -0.3 is 19.3 Å². The summed E-state index contributed by atoms with van der Waals surface area (Å²) in [5.41, 5.74) is 2.16. The van der Waals surface area contributed by atoms with Gasteiger partial charge in [0.2, 0.25) is 0 Å². The van der Waals surface area contributed by atoms with Crippen LogP contribution in [0.2, 0.25) is 0 Å². The molecule has 1 saturated heterocycles. The van der Waals surface area contributed by atoms with Crippen LogP contribution in [0.25, 0.3) is 11.3 Å². The minimum Gasteiger partial charge on any atom is -0.497 e. The van der Waals surface area contributed by atoms with Crippen molar-refractivity contribution in [3.63, 3.8) is 0 Å². The fraction of sp³-hybridized carbons (Fsp3) is 0.304. The molecule has 0 radical (unpaired) electrons. The highest BCUT2D eigenvalue weighted by atomic mass is 16.5. The molecule has 1 N–H and O–H groups in total. The molecule has 0 spiro atoms. The zero-order chi connectivity index (χ0) is 20.1. The molecule has 0 bridgehead atoms. The Balaban J connectivity index is 1.49. The van der Waals surface area contributed by atoms with Crippen molar-refractivity contribution in [2.24, 2.45) is 0 Å². The zero-order valence-corrected chi connectivity index (χ0v) is 16.4. The molecule has 1 fully saturated rings. The van der Waals surface area contributed by atoms with Gasteiger partial charge in [-0.3, -0.25) is 4.79 Å². The summed E-state index contributed by atoms with van der Waals surface area (Å²) in [5, 5.41) is 7.00. The number of ether oxygens (including phenoxy) is 2. The molecule has 0 unspecified atom stereocenters. The first kappa shape index (κ1) is 19.2. The molecular formula is C23H24N2O4. The van der Waals surface area contributed by atoms with Gasteiger partial charge in [0.25, 0.3) is 5.91 Å². The van der Waals surface area contributed by atoms with Crippen molar-refractivity contribution < 1.29 is 18.8 Å². The monoisotopic (exact) mass is 392 g/mol. The molecule has 2 aromatic carbocycles. The number of hydrogen-bond donors (Lipinski definition) is 1. The summed E-state index contributed by atoms with van der Waals surface area (Å²) in [7, 11) is 1.65. The lowest BCUT2D eigenvalue weighted by Gasteiger charge is -2.38. The van der Waals surface area contributed by atoms with E-state index in [9.17, 15) is 4.79 Å². The number of methoxy groups -OCH3 is 1. The van der Waals surface area contributed by atoms with Crippen LogP contribution in [0, 0.1) is 0 Å². The van der Waals surface area contributed by atoms with E-state index in [1.807, 2.05) is 42.5 Å². The quantitative estimate of drug-likeness (QED) is 0.690. The van der Waals surface area contributed by atoms with Gasteiger partial charge in [0.1, 0.15) is 5.75 Å². The van der Waals surface area contributed by atoms with Crippen molar-refractivity contribution in [3.8, 4) is 17.1 Å². The summed E-state index contributed by atoms with van der Waals surface area (Å²) >= 11 is 0. The van der Waals surface area contributed by atoms with Crippen molar-refractivity contribution in [3.05, 3.63) is 71.9 Å². The highest BCUT2D eigenvalue weighted by Gasteiger charge is 2.35. The maximum Gasteiger partial charge on any atom is 0.273 e. The Bertz CT molecular complexity index is 945. The van der Waals surface area contributed by atoms with E-state index in [1.54, 1.807) is 13.2 Å². The number of nitrogens with one attached hydrogen (secondary N) is 1. The Kier molecular flexibility index (Phi) is 5.62. The van der Waals surface area contributed by atoms with Gasteiger partial charge in [-0.25, -0.2) is 0 Å². The number of carbonyl (C=O) groups excluding carboxylic acids is 1. The topological polar surface area (TPSA) is 73.6 Å². The Hall–Kier alpha value is -3.12. The van der Waals surface area contributed by atoms with Crippen LogP contribution in [-0.2, 0) is 10.2 Å². The van der Waals surface area contributed by atoms with Crippen LogP contribution in [0.4, 0.5) is 0 Å². The number of benzene rings is 2. The minimum absolute atomic E-state index is 0.174. The molecule has 1 aliphatic rings. The van der Waals surface area contributed by atoms with Crippen LogP contribution in [0.5, 0.6) is 5.75 Å². The molecule has 0 saturated carbocycles. The predicted molar refractivity (Wildman–Crippen MR) is 109 cm³/mol. The number of amides is 1. The van der Waals surface area contributed by atoms with Crippen LogP contribution in [0.1, 0.15) is 28.9 Å². The smallest absolute Gasteiger partial charge is 0.273 e. The van der Waals surface area contributed by atoms with Gasteiger partial charge in [-0.2, -0.15) is 0 Å². The molecule has 2 heterocycles. The fourth-order valence-corrected chi connectivity index (χ4v) is 3.73. The van der Waals surface area contributed by atoms with Crippen LogP contribution in [0.3, 0.4) is 0 Å². The normalized spacial score (nSPS) is 15.6. The van der Waals surface area contributed by atoms with Gasteiger partial charge in [-0.05, 0) is 30.5 Å². The van der Waals surface area contributed by atoms with E-state index in [0.29, 0.717) is 25.5 Å². The molecule has 6 heteroatoms. The maximum atomic E-state index is 12.7. The van der Waals surface area contributed by atoms with E-state index in [-0.39, 0.29) is 17.0 Å². The third-order valence-corrected chi connectivity index (χ3v) is 5.54. The molecule has 6 nitrogen and oxygen atoms in total. The first-order valence-corrected chi connectivity index (χ1v) is 9.73. The van der Waals surface area contributed by atoms with Crippen LogP contribution >= 0.6 is 0 Å². The summed E-state index contributed by atoms with van der Waals surface area (Å²) in [6.45, 7) is 1.85. The maximum absolute atomic E-state index is 12.7. The van der Waals surface area contributed by atoms with E-state index in [1.165, 1.54) is 5.56 Å². The van der Waals surface area contributed by atoms with E-state index < -0.39 is 0 Å². The fourth-order valence-electron chi connectivity index (χ4n) is 3.73. The standard InChI is InChI=1S/C23H24N2O4/c1-27-19-9-7-18(8-10-19)23(11-13-28-14-12-23)16-24-22(26)20-15-21(29-25-20)17-5-3-2-4-6-17/h2-10,15H,11-14,16H2,1H3,(H,24,26). The molecule has 0 atom stereocenters. The van der Waals surface area contributed by atoms with Gasteiger partial charge in [-0.1, -0.05) is 47.6 Å². The lowest BCUT2D eigenvalue weighted by molar-refractivity contribution is 0.0486. The van der Waals surface area contributed by atoms with E-state index in [2.05, 4.69) is 22.6 Å². The largest absolute Gasteiger partial charge is 0.497 e. The van der Waals surface area contributed by atoms with Crippen molar-refractivity contribution in [1.82, 2.24) is 10.5 Å². The number of nitrogens with zero attached hydrogens (tertiary/aromatic N) is 1. The van der Waals surface area contributed by atoms with E-state index in [0.717, 1.165) is 24.2 Å². The Morgan fingerprint density at radius 1 is 1.10 bits per heavy atom. The Labute approximate surface area is 169 Å². The number of carbonyl (C=O) groups is 1. The number of hydrogen-bond acceptors (Lipinski definition) is 5. The summed E-state index contributed by atoms with van der Waals surface area (Å²) in [6, 6.07) is 19.3. The molecule has 3 aromatic rings. The third kappa shape index (κ3) is 4.17.